The minimum absolute atomic E-state index is 0.538. The standard InChI is InChI=1S/C15H19N5O/c1-4-20-13-8-6-5-7-11(13)12(17-20)9-19-10-14(16-18-19)15(2,3)21/h5-8,10,21H,4,9H2,1-3H3. The molecule has 0 saturated carbocycles. The number of para-hydroxylation sites is 1. The third-order valence-corrected chi connectivity index (χ3v) is 3.51. The molecule has 6 heteroatoms. The average molecular weight is 285 g/mol. The summed E-state index contributed by atoms with van der Waals surface area (Å²) in [7, 11) is 0. The van der Waals surface area contributed by atoms with Gasteiger partial charge in [0, 0.05) is 11.9 Å². The molecule has 0 saturated heterocycles. The van der Waals surface area contributed by atoms with E-state index >= 15 is 0 Å². The van der Waals surface area contributed by atoms with Crippen LogP contribution in [0.5, 0.6) is 0 Å². The van der Waals surface area contributed by atoms with E-state index in [2.05, 4.69) is 34.5 Å². The monoisotopic (exact) mass is 285 g/mol. The van der Waals surface area contributed by atoms with Gasteiger partial charge < -0.3 is 5.11 Å². The van der Waals surface area contributed by atoms with Crippen LogP contribution in [0.15, 0.2) is 30.5 Å². The van der Waals surface area contributed by atoms with Crippen LogP contribution in [0.25, 0.3) is 10.9 Å². The van der Waals surface area contributed by atoms with Crippen LogP contribution in [-0.4, -0.2) is 29.9 Å². The lowest BCUT2D eigenvalue weighted by Gasteiger charge is -2.11. The van der Waals surface area contributed by atoms with Crippen LogP contribution in [0, 0.1) is 0 Å². The molecule has 0 aliphatic heterocycles. The van der Waals surface area contributed by atoms with Gasteiger partial charge in [-0.15, -0.1) is 5.10 Å². The van der Waals surface area contributed by atoms with Gasteiger partial charge in [-0.05, 0) is 26.8 Å². The quantitative estimate of drug-likeness (QED) is 0.795. The molecule has 21 heavy (non-hydrogen) atoms. The number of hydrogen-bond acceptors (Lipinski definition) is 4. The number of aromatic nitrogens is 5. The Bertz CT molecular complexity index is 766. The lowest BCUT2D eigenvalue weighted by atomic mass is 10.1. The largest absolute Gasteiger partial charge is 0.384 e. The minimum Gasteiger partial charge on any atom is -0.384 e. The first kappa shape index (κ1) is 13.8. The molecule has 0 fully saturated rings. The predicted octanol–water partition coefficient (Wildman–Crippen LogP) is 1.92. The smallest absolute Gasteiger partial charge is 0.114 e. The Morgan fingerprint density at radius 1 is 1.24 bits per heavy atom. The first-order valence-corrected chi connectivity index (χ1v) is 7.06. The fourth-order valence-corrected chi connectivity index (χ4v) is 2.36. The van der Waals surface area contributed by atoms with Gasteiger partial charge in [0.1, 0.15) is 11.3 Å². The molecule has 0 radical (unpaired) electrons. The number of hydrogen-bond donors (Lipinski definition) is 1. The summed E-state index contributed by atoms with van der Waals surface area (Å²) in [5.41, 5.74) is 1.66. The Hall–Kier alpha value is -2.21. The molecule has 1 aromatic carbocycles. The predicted molar refractivity (Wildman–Crippen MR) is 79.8 cm³/mol. The summed E-state index contributed by atoms with van der Waals surface area (Å²) in [5.74, 6) is 0. The fourth-order valence-electron chi connectivity index (χ4n) is 2.36. The SMILES string of the molecule is CCn1nc(Cn2cc(C(C)(C)O)nn2)c2ccccc21. The molecule has 110 valence electrons. The Kier molecular flexibility index (Phi) is 3.25. The highest BCUT2D eigenvalue weighted by Crippen LogP contribution is 2.20. The molecule has 0 spiro atoms. The zero-order valence-electron chi connectivity index (χ0n) is 12.5. The Labute approximate surface area is 123 Å². The van der Waals surface area contributed by atoms with Gasteiger partial charge >= 0.3 is 0 Å². The summed E-state index contributed by atoms with van der Waals surface area (Å²) in [4.78, 5) is 0. The van der Waals surface area contributed by atoms with E-state index in [4.69, 9.17) is 0 Å². The number of fused-ring (bicyclic) bond motifs is 1. The van der Waals surface area contributed by atoms with Crippen LogP contribution in [0.4, 0.5) is 0 Å². The molecule has 0 unspecified atom stereocenters. The van der Waals surface area contributed by atoms with Crippen molar-refractivity contribution in [3.63, 3.8) is 0 Å². The van der Waals surface area contributed by atoms with Gasteiger partial charge in [0.05, 0.1) is 24.0 Å². The van der Waals surface area contributed by atoms with Crippen LogP contribution in [0.3, 0.4) is 0 Å². The van der Waals surface area contributed by atoms with Crippen molar-refractivity contribution in [2.75, 3.05) is 0 Å². The maximum Gasteiger partial charge on any atom is 0.114 e. The molecule has 2 aromatic heterocycles. The second kappa shape index (κ2) is 4.96. The molecule has 1 N–H and O–H groups in total. The number of aryl methyl sites for hydroxylation is 1. The minimum atomic E-state index is -0.983. The van der Waals surface area contributed by atoms with Crippen molar-refractivity contribution in [2.24, 2.45) is 0 Å². The highest BCUT2D eigenvalue weighted by molar-refractivity contribution is 5.81. The third-order valence-electron chi connectivity index (χ3n) is 3.51. The zero-order valence-corrected chi connectivity index (χ0v) is 12.5. The van der Waals surface area contributed by atoms with E-state index in [0.29, 0.717) is 12.2 Å². The molecule has 3 rings (SSSR count). The Morgan fingerprint density at radius 2 is 2.00 bits per heavy atom. The van der Waals surface area contributed by atoms with Crippen LogP contribution in [0.1, 0.15) is 32.2 Å². The number of rotatable bonds is 4. The van der Waals surface area contributed by atoms with E-state index in [1.165, 1.54) is 0 Å². The first-order valence-electron chi connectivity index (χ1n) is 7.06. The topological polar surface area (TPSA) is 68.8 Å². The van der Waals surface area contributed by atoms with E-state index in [-0.39, 0.29) is 0 Å². The Morgan fingerprint density at radius 3 is 2.67 bits per heavy atom. The molecule has 0 amide bonds. The highest BCUT2D eigenvalue weighted by atomic mass is 16.3. The van der Waals surface area contributed by atoms with Gasteiger partial charge in [0.25, 0.3) is 0 Å². The van der Waals surface area contributed by atoms with Gasteiger partial charge in [-0.1, -0.05) is 23.4 Å². The third kappa shape index (κ3) is 2.54. The van der Waals surface area contributed by atoms with Crippen molar-refractivity contribution in [1.29, 1.82) is 0 Å². The second-order valence-electron chi connectivity index (χ2n) is 5.64. The second-order valence-corrected chi connectivity index (χ2v) is 5.64. The lowest BCUT2D eigenvalue weighted by Crippen LogP contribution is -2.15. The van der Waals surface area contributed by atoms with Gasteiger partial charge in [-0.25, -0.2) is 4.68 Å². The van der Waals surface area contributed by atoms with E-state index in [1.807, 2.05) is 16.8 Å². The summed E-state index contributed by atoms with van der Waals surface area (Å²) in [6, 6.07) is 8.16. The van der Waals surface area contributed by atoms with E-state index in [0.717, 1.165) is 23.1 Å². The van der Waals surface area contributed by atoms with Crippen LogP contribution in [-0.2, 0) is 18.7 Å². The van der Waals surface area contributed by atoms with Crippen molar-refractivity contribution in [3.05, 3.63) is 41.9 Å². The summed E-state index contributed by atoms with van der Waals surface area (Å²) < 4.78 is 3.70. The lowest BCUT2D eigenvalue weighted by molar-refractivity contribution is 0.0737. The summed E-state index contributed by atoms with van der Waals surface area (Å²) >= 11 is 0. The highest BCUT2D eigenvalue weighted by Gasteiger charge is 2.20. The van der Waals surface area contributed by atoms with E-state index < -0.39 is 5.60 Å². The van der Waals surface area contributed by atoms with Crippen molar-refractivity contribution in [1.82, 2.24) is 24.8 Å². The van der Waals surface area contributed by atoms with Crippen LogP contribution >= 0.6 is 0 Å². The molecule has 0 aliphatic carbocycles. The molecule has 0 bridgehead atoms. The first-order chi connectivity index (χ1) is 9.99. The Balaban J connectivity index is 1.97. The number of nitrogens with zero attached hydrogens (tertiary/aromatic N) is 5. The normalized spacial score (nSPS) is 12.2. The van der Waals surface area contributed by atoms with Crippen molar-refractivity contribution in [3.8, 4) is 0 Å². The van der Waals surface area contributed by atoms with Gasteiger partial charge in [0.15, 0.2) is 0 Å². The molecule has 6 nitrogen and oxygen atoms in total. The molecule has 2 heterocycles. The molecule has 0 atom stereocenters. The summed E-state index contributed by atoms with van der Waals surface area (Å²) in [5, 5.41) is 23.8. The summed E-state index contributed by atoms with van der Waals surface area (Å²) in [6.07, 6.45) is 1.76. The van der Waals surface area contributed by atoms with Crippen molar-refractivity contribution in [2.45, 2.75) is 39.5 Å². The van der Waals surface area contributed by atoms with E-state index in [9.17, 15) is 5.11 Å². The maximum atomic E-state index is 9.95. The van der Waals surface area contributed by atoms with Crippen molar-refractivity contribution < 1.29 is 5.11 Å². The van der Waals surface area contributed by atoms with Gasteiger partial charge in [0.2, 0.25) is 0 Å². The van der Waals surface area contributed by atoms with E-state index in [1.54, 1.807) is 24.7 Å². The van der Waals surface area contributed by atoms with Gasteiger partial charge in [-0.3, -0.25) is 4.68 Å². The fraction of sp³-hybridized carbons (Fsp3) is 0.400. The number of benzene rings is 1. The van der Waals surface area contributed by atoms with Crippen LogP contribution in [0.2, 0.25) is 0 Å². The molecule has 3 aromatic rings. The van der Waals surface area contributed by atoms with Gasteiger partial charge in [-0.2, -0.15) is 5.10 Å². The van der Waals surface area contributed by atoms with Crippen LogP contribution < -0.4 is 0 Å². The molecular weight excluding hydrogens is 266 g/mol. The molecular formula is C15H19N5O. The number of aliphatic hydroxyl groups is 1. The van der Waals surface area contributed by atoms with Crippen molar-refractivity contribution >= 4 is 10.9 Å². The summed E-state index contributed by atoms with van der Waals surface area (Å²) in [6.45, 7) is 6.83. The zero-order chi connectivity index (χ0) is 15.0. The maximum absolute atomic E-state index is 9.95. The average Bonchev–Trinajstić information content (AvgIpc) is 3.04. The molecule has 0 aliphatic rings.